The third-order valence-electron chi connectivity index (χ3n) is 1.21. The molecule has 0 aromatic carbocycles. The molecule has 0 saturated heterocycles. The van der Waals surface area contributed by atoms with Crippen LogP contribution >= 0.6 is 45.2 Å². The van der Waals surface area contributed by atoms with E-state index >= 15 is 0 Å². The molecule has 0 amide bonds. The van der Waals surface area contributed by atoms with E-state index in [0.717, 1.165) is 0 Å². The second kappa shape index (κ2) is 3.32. The summed E-state index contributed by atoms with van der Waals surface area (Å²) in [6.45, 7) is 0. The Hall–Kier alpha value is -0.120. The van der Waals surface area contributed by atoms with Crippen LogP contribution in [0.15, 0.2) is 18.7 Å². The maximum atomic E-state index is 10.9. The van der Waals surface area contributed by atoms with Crippen molar-refractivity contribution in [1.82, 2.24) is 0 Å². The van der Waals surface area contributed by atoms with E-state index in [2.05, 4.69) is 0 Å². The van der Waals surface area contributed by atoms with Crippen molar-refractivity contribution in [1.29, 1.82) is 0 Å². The van der Waals surface area contributed by atoms with Crippen LogP contribution in [-0.2, 0) is 9.59 Å². The topological polar surface area (TPSA) is 80.3 Å². The highest BCUT2D eigenvalue weighted by Gasteiger charge is 2.21. The van der Waals surface area contributed by atoms with Gasteiger partial charge in [-0.15, -0.1) is 0 Å². The summed E-state index contributed by atoms with van der Waals surface area (Å²) in [7, 11) is 0. The Kier molecular flexibility index (Phi) is 2.76. The second-order valence-corrected chi connectivity index (χ2v) is 4.10. The standard InChI is InChI=1S/C6H2I2O4/c7-1-3(9)5(11)2(8)6(12)4(1)10/h9,12H/p-2. The van der Waals surface area contributed by atoms with Gasteiger partial charge in [-0.2, -0.15) is 0 Å². The highest BCUT2D eigenvalue weighted by Crippen LogP contribution is 2.26. The van der Waals surface area contributed by atoms with E-state index in [-0.39, 0.29) is 7.16 Å². The minimum atomic E-state index is -0.885. The van der Waals surface area contributed by atoms with Gasteiger partial charge in [0.2, 0.25) is 0 Å². The second-order valence-electron chi connectivity index (χ2n) is 1.94. The van der Waals surface area contributed by atoms with Crippen LogP contribution in [0.1, 0.15) is 0 Å². The van der Waals surface area contributed by atoms with Crippen molar-refractivity contribution in [2.75, 3.05) is 0 Å². The van der Waals surface area contributed by atoms with Crippen LogP contribution in [-0.4, -0.2) is 11.6 Å². The maximum Gasteiger partial charge on any atom is 0.184 e. The smallest absolute Gasteiger partial charge is 0.184 e. The summed E-state index contributed by atoms with van der Waals surface area (Å²) in [6.07, 6.45) is 0. The van der Waals surface area contributed by atoms with E-state index in [1.54, 1.807) is 0 Å². The molecule has 4 nitrogen and oxygen atoms in total. The van der Waals surface area contributed by atoms with E-state index in [1.165, 1.54) is 45.2 Å². The fraction of sp³-hybridized carbons (Fsp3) is 0. The molecule has 6 heteroatoms. The Morgan fingerprint density at radius 3 is 1.33 bits per heavy atom. The summed E-state index contributed by atoms with van der Waals surface area (Å²) in [5.41, 5.74) is 0. The molecule has 0 aliphatic heterocycles. The quantitative estimate of drug-likeness (QED) is 0.399. The lowest BCUT2D eigenvalue weighted by molar-refractivity contribution is -0.306. The van der Waals surface area contributed by atoms with Gasteiger partial charge in [0, 0.05) is 0 Å². The summed E-state index contributed by atoms with van der Waals surface area (Å²) in [5.74, 6) is -3.54. The Morgan fingerprint density at radius 1 is 0.833 bits per heavy atom. The van der Waals surface area contributed by atoms with Crippen LogP contribution < -0.4 is 10.2 Å². The average molecular weight is 390 g/mol. The van der Waals surface area contributed by atoms with Crippen LogP contribution in [0.4, 0.5) is 0 Å². The lowest BCUT2D eigenvalue weighted by Crippen LogP contribution is -2.30. The van der Waals surface area contributed by atoms with Gasteiger partial charge in [0.25, 0.3) is 0 Å². The number of allylic oxidation sites excluding steroid dienone is 2. The SMILES string of the molecule is O=C1C([O-])=C(I)C(=O)C([O-])=C1I. The van der Waals surface area contributed by atoms with E-state index < -0.39 is 23.1 Å². The Morgan fingerprint density at radius 2 is 1.08 bits per heavy atom. The number of ketones is 2. The zero-order chi connectivity index (χ0) is 9.46. The first-order chi connectivity index (χ1) is 5.46. The summed E-state index contributed by atoms with van der Waals surface area (Å²) < 4.78 is -0.633. The summed E-state index contributed by atoms with van der Waals surface area (Å²) in [5, 5.41) is 21.8. The van der Waals surface area contributed by atoms with Crippen LogP contribution in [0.2, 0.25) is 0 Å². The molecule has 0 aromatic rings. The van der Waals surface area contributed by atoms with Gasteiger partial charge in [0.15, 0.2) is 11.6 Å². The lowest BCUT2D eigenvalue weighted by atomic mass is 10.1. The molecule has 64 valence electrons. The van der Waals surface area contributed by atoms with Crippen LogP contribution in [0.25, 0.3) is 0 Å². The molecule has 1 aliphatic rings. The average Bonchev–Trinajstić information content (AvgIpc) is 2.08. The highest BCUT2D eigenvalue weighted by molar-refractivity contribution is 14.1. The van der Waals surface area contributed by atoms with Gasteiger partial charge >= 0.3 is 0 Å². The third kappa shape index (κ3) is 1.37. The number of carbonyl (C=O) groups is 2. The molecule has 0 heterocycles. The lowest BCUT2D eigenvalue weighted by Gasteiger charge is -2.23. The van der Waals surface area contributed by atoms with Gasteiger partial charge in [-0.1, -0.05) is 0 Å². The van der Waals surface area contributed by atoms with E-state index in [4.69, 9.17) is 0 Å². The van der Waals surface area contributed by atoms with Crippen LogP contribution in [0.3, 0.4) is 0 Å². The van der Waals surface area contributed by atoms with Gasteiger partial charge in [-0.3, -0.25) is 9.59 Å². The molecule has 0 spiro atoms. The predicted octanol–water partition coefficient (Wildman–Crippen LogP) is -0.848. The van der Waals surface area contributed by atoms with Crippen molar-refractivity contribution in [3.8, 4) is 0 Å². The molecule has 1 aliphatic carbocycles. The van der Waals surface area contributed by atoms with Crippen molar-refractivity contribution in [2.24, 2.45) is 0 Å². The number of Topliss-reactive ketones (excluding diaryl/α,β-unsaturated/α-hetero) is 2. The molecule has 0 aromatic heterocycles. The Balaban J connectivity index is 3.32. The van der Waals surface area contributed by atoms with E-state index in [9.17, 15) is 19.8 Å². The molecule has 12 heavy (non-hydrogen) atoms. The predicted molar refractivity (Wildman–Crippen MR) is 52.1 cm³/mol. The van der Waals surface area contributed by atoms with Crippen molar-refractivity contribution in [3.63, 3.8) is 0 Å². The number of rotatable bonds is 0. The number of hydrogen-bond donors (Lipinski definition) is 0. The first-order valence-corrected chi connectivity index (χ1v) is 4.85. The molecular weight excluding hydrogens is 390 g/mol. The Bertz CT molecular complexity index is 277. The molecule has 0 radical (unpaired) electrons. The molecule has 0 N–H and O–H groups in total. The van der Waals surface area contributed by atoms with Crippen LogP contribution in [0.5, 0.6) is 0 Å². The molecule has 0 fully saturated rings. The molecule has 0 bridgehead atoms. The fourth-order valence-corrected chi connectivity index (χ4v) is 1.58. The van der Waals surface area contributed by atoms with Crippen molar-refractivity contribution >= 4 is 56.7 Å². The van der Waals surface area contributed by atoms with Gasteiger partial charge in [0.05, 0.1) is 7.16 Å². The van der Waals surface area contributed by atoms with Gasteiger partial charge in [0.1, 0.15) is 0 Å². The number of carbonyl (C=O) groups excluding carboxylic acids is 2. The highest BCUT2D eigenvalue weighted by atomic mass is 127. The molecule has 1 rings (SSSR count). The molecule has 0 atom stereocenters. The van der Waals surface area contributed by atoms with Crippen molar-refractivity contribution in [2.45, 2.75) is 0 Å². The fourth-order valence-electron chi connectivity index (χ4n) is 0.605. The first-order valence-electron chi connectivity index (χ1n) is 2.69. The number of hydrogen-bond acceptors (Lipinski definition) is 4. The molecular formula is C6I2O4-2. The van der Waals surface area contributed by atoms with Crippen LogP contribution in [0, 0.1) is 0 Å². The van der Waals surface area contributed by atoms with Crippen molar-refractivity contribution < 1.29 is 19.8 Å². The number of halogens is 2. The summed E-state index contributed by atoms with van der Waals surface area (Å²) in [6, 6.07) is 0. The Labute approximate surface area is 94.6 Å². The maximum absolute atomic E-state index is 10.9. The van der Waals surface area contributed by atoms with E-state index in [0.29, 0.717) is 0 Å². The van der Waals surface area contributed by atoms with Gasteiger partial charge < -0.3 is 10.2 Å². The molecule has 0 saturated carbocycles. The van der Waals surface area contributed by atoms with Gasteiger partial charge in [-0.05, 0) is 56.7 Å². The summed E-state index contributed by atoms with van der Waals surface area (Å²) in [4.78, 5) is 21.8. The zero-order valence-corrected chi connectivity index (χ0v) is 9.70. The largest absolute Gasteiger partial charge is 0.869 e. The first kappa shape index (κ1) is 9.96. The minimum Gasteiger partial charge on any atom is -0.869 e. The van der Waals surface area contributed by atoms with Gasteiger partial charge in [-0.25, -0.2) is 0 Å². The van der Waals surface area contributed by atoms with Crippen molar-refractivity contribution in [3.05, 3.63) is 18.7 Å². The monoisotopic (exact) mass is 390 g/mol. The minimum absolute atomic E-state index is 0.317. The van der Waals surface area contributed by atoms with E-state index in [1.807, 2.05) is 0 Å². The third-order valence-corrected chi connectivity index (χ3v) is 3.17. The summed E-state index contributed by atoms with van der Waals surface area (Å²) >= 11 is 2.82. The molecule has 0 unspecified atom stereocenters. The zero-order valence-electron chi connectivity index (χ0n) is 5.39. The normalized spacial score (nSPS) is 19.2.